The van der Waals surface area contributed by atoms with Gasteiger partial charge in [-0.1, -0.05) is 0 Å². The maximum atomic E-state index is 10.9. The smallest absolute Gasteiger partial charge is 0.333 e. The molecule has 2 rings (SSSR count). The molecule has 74 valence electrons. The Morgan fingerprint density at radius 1 is 1.50 bits per heavy atom. The number of nitrogens with one attached hydrogen (secondary N) is 2. The molecule has 0 bridgehead atoms. The van der Waals surface area contributed by atoms with Crippen LogP contribution in [0.3, 0.4) is 0 Å². The first-order valence-electron chi connectivity index (χ1n) is 4.33. The lowest BCUT2D eigenvalue weighted by Crippen LogP contribution is -2.34. The van der Waals surface area contributed by atoms with Crippen LogP contribution in [0.5, 0.6) is 5.75 Å². The Bertz CT molecular complexity index is 365. The summed E-state index contributed by atoms with van der Waals surface area (Å²) in [6.07, 6.45) is 0.884. The third-order valence-corrected chi connectivity index (χ3v) is 2.08. The van der Waals surface area contributed by atoms with Gasteiger partial charge < -0.3 is 10.1 Å². The minimum atomic E-state index is -0.427. The van der Waals surface area contributed by atoms with Crippen LogP contribution in [0.25, 0.3) is 0 Å². The van der Waals surface area contributed by atoms with Gasteiger partial charge >= 0.3 is 6.03 Å². The highest BCUT2D eigenvalue weighted by Crippen LogP contribution is 2.27. The maximum absolute atomic E-state index is 10.9. The normalized spacial score (nSPS) is 12.9. The predicted octanol–water partition coefficient (Wildman–Crippen LogP) is 0.617. The van der Waals surface area contributed by atoms with E-state index < -0.39 is 6.03 Å². The fourth-order valence-corrected chi connectivity index (χ4v) is 1.43. The van der Waals surface area contributed by atoms with Gasteiger partial charge in [-0.25, -0.2) is 10.6 Å². The van der Waals surface area contributed by atoms with Gasteiger partial charge in [0.25, 0.3) is 0 Å². The molecule has 1 aromatic carbocycles. The van der Waals surface area contributed by atoms with Crippen LogP contribution >= 0.6 is 0 Å². The van der Waals surface area contributed by atoms with E-state index in [1.807, 2.05) is 17.6 Å². The second kappa shape index (κ2) is 3.55. The van der Waals surface area contributed by atoms with Gasteiger partial charge in [-0.3, -0.25) is 5.43 Å². The van der Waals surface area contributed by atoms with Gasteiger partial charge in [0.2, 0.25) is 0 Å². The monoisotopic (exact) mass is 193 g/mol. The molecule has 0 saturated carbocycles. The summed E-state index contributed by atoms with van der Waals surface area (Å²) in [5.41, 5.74) is 3.83. The highest BCUT2D eigenvalue weighted by Gasteiger charge is 2.12. The molecule has 5 nitrogen and oxygen atoms in total. The molecule has 0 unspecified atom stereocenters. The van der Waals surface area contributed by atoms with Crippen molar-refractivity contribution in [1.29, 1.82) is 0 Å². The third-order valence-electron chi connectivity index (χ3n) is 2.08. The molecule has 14 heavy (non-hydrogen) atoms. The van der Waals surface area contributed by atoms with Crippen LogP contribution in [0.4, 0.5) is 10.5 Å². The molecule has 4 N–H and O–H groups in total. The van der Waals surface area contributed by atoms with Crippen molar-refractivity contribution in [1.82, 2.24) is 5.43 Å². The molecule has 1 aliphatic heterocycles. The summed E-state index contributed by atoms with van der Waals surface area (Å²) in [4.78, 5) is 10.9. The number of rotatable bonds is 1. The molecular formula is C9H11N3O2. The molecule has 0 atom stereocenters. The van der Waals surface area contributed by atoms with Crippen molar-refractivity contribution in [2.24, 2.45) is 5.84 Å². The van der Waals surface area contributed by atoms with E-state index in [9.17, 15) is 4.79 Å². The van der Waals surface area contributed by atoms with E-state index in [2.05, 4.69) is 5.32 Å². The van der Waals surface area contributed by atoms with Gasteiger partial charge in [-0.15, -0.1) is 0 Å². The van der Waals surface area contributed by atoms with Crippen LogP contribution in [0.15, 0.2) is 18.2 Å². The van der Waals surface area contributed by atoms with Gasteiger partial charge in [0.15, 0.2) is 0 Å². The number of carbonyl (C=O) groups is 1. The average molecular weight is 193 g/mol. The summed E-state index contributed by atoms with van der Waals surface area (Å²) in [6.45, 7) is 0.710. The van der Waals surface area contributed by atoms with E-state index in [-0.39, 0.29) is 0 Å². The van der Waals surface area contributed by atoms with Crippen LogP contribution in [0, 0.1) is 0 Å². The van der Waals surface area contributed by atoms with Crippen molar-refractivity contribution in [3.63, 3.8) is 0 Å². The molecule has 1 aromatic rings. The highest BCUT2D eigenvalue weighted by atomic mass is 16.5. The second-order valence-corrected chi connectivity index (χ2v) is 3.02. The lowest BCUT2D eigenvalue weighted by Gasteiger charge is -2.05. The molecule has 5 heteroatoms. The molecule has 1 aliphatic rings. The van der Waals surface area contributed by atoms with Gasteiger partial charge in [0, 0.05) is 12.1 Å². The number of urea groups is 1. The number of benzene rings is 1. The van der Waals surface area contributed by atoms with Crippen molar-refractivity contribution in [3.8, 4) is 5.75 Å². The quantitative estimate of drug-likeness (QED) is 0.347. The van der Waals surface area contributed by atoms with Crippen molar-refractivity contribution in [3.05, 3.63) is 23.8 Å². The van der Waals surface area contributed by atoms with E-state index in [1.165, 1.54) is 0 Å². The summed E-state index contributed by atoms with van der Waals surface area (Å²) in [7, 11) is 0. The van der Waals surface area contributed by atoms with Gasteiger partial charge in [0.1, 0.15) is 5.75 Å². The van der Waals surface area contributed by atoms with Crippen LogP contribution < -0.4 is 21.3 Å². The van der Waals surface area contributed by atoms with E-state index in [1.54, 1.807) is 6.07 Å². The summed E-state index contributed by atoms with van der Waals surface area (Å²) in [5.74, 6) is 5.84. The fraction of sp³-hybridized carbons (Fsp3) is 0.222. The summed E-state index contributed by atoms with van der Waals surface area (Å²) in [6, 6.07) is 5.08. The molecule has 0 aromatic heterocycles. The number of hydrogen-bond donors (Lipinski definition) is 3. The van der Waals surface area contributed by atoms with E-state index >= 15 is 0 Å². The highest BCUT2D eigenvalue weighted by molar-refractivity contribution is 5.89. The van der Waals surface area contributed by atoms with Crippen LogP contribution in [0.2, 0.25) is 0 Å². The van der Waals surface area contributed by atoms with Crippen LogP contribution in [-0.2, 0) is 6.42 Å². The summed E-state index contributed by atoms with van der Waals surface area (Å²) < 4.78 is 5.33. The minimum Gasteiger partial charge on any atom is -0.493 e. The van der Waals surface area contributed by atoms with Crippen molar-refractivity contribution in [2.45, 2.75) is 6.42 Å². The molecule has 2 amide bonds. The number of amides is 2. The fourth-order valence-electron chi connectivity index (χ4n) is 1.43. The Labute approximate surface area is 81.2 Å². The topological polar surface area (TPSA) is 76.4 Å². The first kappa shape index (κ1) is 8.83. The number of hydrogen-bond acceptors (Lipinski definition) is 3. The summed E-state index contributed by atoms with van der Waals surface area (Å²) in [5, 5.41) is 2.59. The zero-order valence-electron chi connectivity index (χ0n) is 7.54. The SMILES string of the molecule is NNC(=O)Nc1ccc2c(c1)CCO2. The molecule has 0 radical (unpaired) electrons. The lowest BCUT2D eigenvalue weighted by molar-refractivity contribution is 0.252. The standard InChI is InChI=1S/C9H11N3O2/c10-12-9(13)11-7-1-2-8-6(5-7)3-4-14-8/h1-2,5H,3-4,10H2,(H2,11,12,13). The Morgan fingerprint density at radius 2 is 2.36 bits per heavy atom. The average Bonchev–Trinajstić information content (AvgIpc) is 2.64. The summed E-state index contributed by atoms with van der Waals surface area (Å²) >= 11 is 0. The minimum absolute atomic E-state index is 0.427. The number of anilines is 1. The van der Waals surface area contributed by atoms with Crippen molar-refractivity contribution < 1.29 is 9.53 Å². The zero-order valence-corrected chi connectivity index (χ0v) is 7.54. The third kappa shape index (κ3) is 1.62. The largest absolute Gasteiger partial charge is 0.493 e. The molecule has 1 heterocycles. The van der Waals surface area contributed by atoms with Crippen molar-refractivity contribution in [2.75, 3.05) is 11.9 Å². The lowest BCUT2D eigenvalue weighted by atomic mass is 10.1. The molecule has 0 fully saturated rings. The van der Waals surface area contributed by atoms with Gasteiger partial charge in [-0.05, 0) is 23.8 Å². The number of fused-ring (bicyclic) bond motifs is 1. The van der Waals surface area contributed by atoms with E-state index in [0.29, 0.717) is 6.61 Å². The van der Waals surface area contributed by atoms with Crippen molar-refractivity contribution >= 4 is 11.7 Å². The Balaban J connectivity index is 2.16. The van der Waals surface area contributed by atoms with E-state index in [4.69, 9.17) is 10.6 Å². The van der Waals surface area contributed by atoms with Crippen LogP contribution in [0.1, 0.15) is 5.56 Å². The Hall–Kier alpha value is -1.75. The Morgan fingerprint density at radius 3 is 3.14 bits per heavy atom. The second-order valence-electron chi connectivity index (χ2n) is 3.02. The van der Waals surface area contributed by atoms with E-state index in [0.717, 1.165) is 23.4 Å². The predicted molar refractivity (Wildman–Crippen MR) is 52.0 cm³/mol. The molecule has 0 aliphatic carbocycles. The molecule has 0 saturated heterocycles. The van der Waals surface area contributed by atoms with Gasteiger partial charge in [0.05, 0.1) is 6.61 Å². The molecule has 0 spiro atoms. The van der Waals surface area contributed by atoms with Gasteiger partial charge in [-0.2, -0.15) is 0 Å². The number of carbonyl (C=O) groups excluding carboxylic acids is 1. The number of ether oxygens (including phenoxy) is 1. The molecular weight excluding hydrogens is 182 g/mol. The zero-order chi connectivity index (χ0) is 9.97. The first-order valence-corrected chi connectivity index (χ1v) is 4.33. The first-order chi connectivity index (χ1) is 6.79. The Kier molecular flexibility index (Phi) is 2.24. The maximum Gasteiger partial charge on any atom is 0.333 e. The van der Waals surface area contributed by atoms with Crippen LogP contribution in [-0.4, -0.2) is 12.6 Å². The number of hydrazine groups is 1. The number of nitrogens with two attached hydrogens (primary N) is 1.